The molecule has 1 aromatic rings. The molecule has 0 saturated heterocycles. The van der Waals surface area contributed by atoms with Gasteiger partial charge in [-0.15, -0.1) is 11.3 Å². The molecular formula is C15H25F3N4OS. The van der Waals surface area contributed by atoms with Crippen LogP contribution in [0.4, 0.5) is 13.2 Å². The summed E-state index contributed by atoms with van der Waals surface area (Å²) in [5, 5.41) is 7.62. The van der Waals surface area contributed by atoms with Gasteiger partial charge in [0.05, 0.1) is 11.6 Å². The normalized spacial score (nSPS) is 12.7. The molecule has 0 atom stereocenters. The third kappa shape index (κ3) is 8.49. The predicted octanol–water partition coefficient (Wildman–Crippen LogP) is 2.93. The van der Waals surface area contributed by atoms with Crippen LogP contribution in [0, 0.1) is 5.92 Å². The number of alkyl halides is 3. The standard InChI is InChI=1S/C15H25F3N4OS/c1-11(2)5-8-23-9-7-21-14(19-3)20-6-4-13-22-12(10-24-13)15(16,17)18/h10-11H,4-9H2,1-3H3,(H2,19,20,21). The molecule has 1 heterocycles. The smallest absolute Gasteiger partial charge is 0.380 e. The lowest BCUT2D eigenvalue weighted by Crippen LogP contribution is -2.39. The minimum absolute atomic E-state index is 0.409. The Morgan fingerprint density at radius 1 is 1.29 bits per heavy atom. The van der Waals surface area contributed by atoms with Crippen LogP contribution >= 0.6 is 11.3 Å². The fourth-order valence-electron chi connectivity index (χ4n) is 1.73. The molecule has 0 spiro atoms. The number of guanidine groups is 1. The third-order valence-corrected chi connectivity index (χ3v) is 3.98. The van der Waals surface area contributed by atoms with Gasteiger partial charge in [-0.2, -0.15) is 13.2 Å². The molecule has 0 bridgehead atoms. The van der Waals surface area contributed by atoms with Gasteiger partial charge in [-0.3, -0.25) is 4.99 Å². The van der Waals surface area contributed by atoms with Gasteiger partial charge in [0.1, 0.15) is 0 Å². The summed E-state index contributed by atoms with van der Waals surface area (Å²) in [7, 11) is 1.64. The Hall–Kier alpha value is -1.35. The summed E-state index contributed by atoms with van der Waals surface area (Å²) in [6, 6.07) is 0. The third-order valence-electron chi connectivity index (χ3n) is 3.08. The lowest BCUT2D eigenvalue weighted by molar-refractivity contribution is -0.140. The largest absolute Gasteiger partial charge is 0.434 e. The number of hydrogen-bond acceptors (Lipinski definition) is 4. The highest BCUT2D eigenvalue weighted by Crippen LogP contribution is 2.29. The Kier molecular flexibility index (Phi) is 9.05. The second kappa shape index (κ2) is 10.5. The van der Waals surface area contributed by atoms with Crippen molar-refractivity contribution in [3.63, 3.8) is 0 Å². The summed E-state index contributed by atoms with van der Waals surface area (Å²) in [6.45, 7) is 6.68. The maximum atomic E-state index is 12.5. The van der Waals surface area contributed by atoms with E-state index in [1.165, 1.54) is 0 Å². The molecule has 0 fully saturated rings. The van der Waals surface area contributed by atoms with E-state index in [-0.39, 0.29) is 0 Å². The van der Waals surface area contributed by atoms with Crippen LogP contribution in [0.2, 0.25) is 0 Å². The topological polar surface area (TPSA) is 58.5 Å². The summed E-state index contributed by atoms with van der Waals surface area (Å²) in [5.41, 5.74) is -0.830. The van der Waals surface area contributed by atoms with E-state index in [0.717, 1.165) is 29.7 Å². The van der Waals surface area contributed by atoms with Gasteiger partial charge in [0.15, 0.2) is 11.7 Å². The number of rotatable bonds is 9. The quantitative estimate of drug-likeness (QED) is 0.401. The highest BCUT2D eigenvalue weighted by molar-refractivity contribution is 7.09. The molecule has 0 aliphatic heterocycles. The minimum atomic E-state index is -4.38. The van der Waals surface area contributed by atoms with Crippen LogP contribution in [0.1, 0.15) is 31.0 Å². The number of hydrogen-bond donors (Lipinski definition) is 2. The van der Waals surface area contributed by atoms with Crippen LogP contribution in [0.15, 0.2) is 10.4 Å². The van der Waals surface area contributed by atoms with E-state index in [9.17, 15) is 13.2 Å². The average molecular weight is 366 g/mol. The lowest BCUT2D eigenvalue weighted by atomic mass is 10.1. The Bertz CT molecular complexity index is 503. The van der Waals surface area contributed by atoms with Crippen molar-refractivity contribution in [3.8, 4) is 0 Å². The maximum absolute atomic E-state index is 12.5. The first kappa shape index (κ1) is 20.7. The second-order valence-corrected chi connectivity index (χ2v) is 6.54. The first-order valence-corrected chi connectivity index (χ1v) is 8.74. The molecule has 5 nitrogen and oxygen atoms in total. The zero-order chi connectivity index (χ0) is 18.0. The number of aliphatic imine (C=N–C) groups is 1. The van der Waals surface area contributed by atoms with Gasteiger partial charge in [-0.1, -0.05) is 13.8 Å². The number of ether oxygens (including phenoxy) is 1. The lowest BCUT2D eigenvalue weighted by Gasteiger charge is -2.12. The molecule has 138 valence electrons. The molecule has 24 heavy (non-hydrogen) atoms. The van der Waals surface area contributed by atoms with Crippen molar-refractivity contribution in [1.82, 2.24) is 15.6 Å². The fourth-order valence-corrected chi connectivity index (χ4v) is 2.53. The van der Waals surface area contributed by atoms with Gasteiger partial charge < -0.3 is 15.4 Å². The Balaban J connectivity index is 2.19. The van der Waals surface area contributed by atoms with E-state index in [1.54, 1.807) is 7.05 Å². The summed E-state index contributed by atoms with van der Waals surface area (Å²) in [4.78, 5) is 7.64. The van der Waals surface area contributed by atoms with E-state index in [4.69, 9.17) is 4.74 Å². The summed E-state index contributed by atoms with van der Waals surface area (Å²) in [6.07, 6.45) is -2.94. The zero-order valence-electron chi connectivity index (χ0n) is 14.2. The molecule has 2 N–H and O–H groups in total. The molecule has 1 rings (SSSR count). The number of aromatic nitrogens is 1. The molecule has 9 heteroatoms. The van der Waals surface area contributed by atoms with Gasteiger partial charge in [-0.25, -0.2) is 4.98 Å². The van der Waals surface area contributed by atoms with Crippen molar-refractivity contribution < 1.29 is 17.9 Å². The molecule has 0 unspecified atom stereocenters. The molecule has 0 amide bonds. The average Bonchev–Trinajstić information content (AvgIpc) is 2.97. The Morgan fingerprint density at radius 3 is 2.58 bits per heavy atom. The number of nitrogens with one attached hydrogen (secondary N) is 2. The van der Waals surface area contributed by atoms with Crippen molar-refractivity contribution in [1.29, 1.82) is 0 Å². The SMILES string of the molecule is CN=C(NCCOCCC(C)C)NCCc1nc(C(F)(F)F)cs1. The number of thiazole rings is 1. The van der Waals surface area contributed by atoms with E-state index in [0.29, 0.717) is 43.0 Å². The Labute approximate surface area is 144 Å². The molecule has 0 aliphatic carbocycles. The first-order chi connectivity index (χ1) is 11.3. The highest BCUT2D eigenvalue weighted by Gasteiger charge is 2.33. The van der Waals surface area contributed by atoms with Crippen molar-refractivity contribution in [2.75, 3.05) is 33.4 Å². The van der Waals surface area contributed by atoms with E-state index < -0.39 is 11.9 Å². The van der Waals surface area contributed by atoms with Crippen LogP contribution in [0.5, 0.6) is 0 Å². The van der Waals surface area contributed by atoms with Crippen LogP contribution < -0.4 is 10.6 Å². The van der Waals surface area contributed by atoms with E-state index in [1.807, 2.05) is 0 Å². The van der Waals surface area contributed by atoms with Crippen molar-refractivity contribution >= 4 is 17.3 Å². The van der Waals surface area contributed by atoms with Gasteiger partial charge >= 0.3 is 6.18 Å². The minimum Gasteiger partial charge on any atom is -0.380 e. The molecule has 0 saturated carbocycles. The molecule has 0 radical (unpaired) electrons. The predicted molar refractivity (Wildman–Crippen MR) is 90.5 cm³/mol. The second-order valence-electron chi connectivity index (χ2n) is 5.59. The van der Waals surface area contributed by atoms with Gasteiger partial charge in [0.25, 0.3) is 0 Å². The molecule has 0 aromatic carbocycles. The van der Waals surface area contributed by atoms with Gasteiger partial charge in [-0.05, 0) is 12.3 Å². The maximum Gasteiger partial charge on any atom is 0.434 e. The summed E-state index contributed by atoms with van der Waals surface area (Å²) >= 11 is 1.01. The van der Waals surface area contributed by atoms with Crippen LogP contribution in [0.25, 0.3) is 0 Å². The van der Waals surface area contributed by atoms with E-state index in [2.05, 4.69) is 34.5 Å². The fraction of sp³-hybridized carbons (Fsp3) is 0.733. The Morgan fingerprint density at radius 2 is 2.00 bits per heavy atom. The van der Waals surface area contributed by atoms with E-state index >= 15 is 0 Å². The molecule has 0 aliphatic rings. The van der Waals surface area contributed by atoms with Crippen LogP contribution in [-0.2, 0) is 17.3 Å². The van der Waals surface area contributed by atoms with Crippen molar-refractivity contribution in [3.05, 3.63) is 16.1 Å². The van der Waals surface area contributed by atoms with Crippen molar-refractivity contribution in [2.24, 2.45) is 10.9 Å². The highest BCUT2D eigenvalue weighted by atomic mass is 32.1. The monoisotopic (exact) mass is 366 g/mol. The van der Waals surface area contributed by atoms with Gasteiger partial charge in [0, 0.05) is 38.5 Å². The summed E-state index contributed by atoms with van der Waals surface area (Å²) < 4.78 is 42.9. The zero-order valence-corrected chi connectivity index (χ0v) is 15.1. The molecular weight excluding hydrogens is 341 g/mol. The number of halogens is 3. The van der Waals surface area contributed by atoms with Crippen LogP contribution in [-0.4, -0.2) is 44.3 Å². The van der Waals surface area contributed by atoms with Gasteiger partial charge in [0.2, 0.25) is 0 Å². The first-order valence-electron chi connectivity index (χ1n) is 7.86. The van der Waals surface area contributed by atoms with Crippen molar-refractivity contribution in [2.45, 2.75) is 32.9 Å². The molecule has 1 aromatic heterocycles. The summed E-state index contributed by atoms with van der Waals surface area (Å²) in [5.74, 6) is 1.21. The van der Waals surface area contributed by atoms with Crippen LogP contribution in [0.3, 0.4) is 0 Å². The number of nitrogens with zero attached hydrogens (tertiary/aromatic N) is 2.